The van der Waals surface area contributed by atoms with Gasteiger partial charge >= 0.3 is 0 Å². The van der Waals surface area contributed by atoms with Gasteiger partial charge in [0.05, 0.1) is 28.8 Å². The van der Waals surface area contributed by atoms with E-state index in [1.807, 2.05) is 12.3 Å². The van der Waals surface area contributed by atoms with E-state index < -0.39 is 0 Å². The van der Waals surface area contributed by atoms with Crippen molar-refractivity contribution in [3.63, 3.8) is 0 Å². The fourth-order valence-electron chi connectivity index (χ4n) is 4.54. The summed E-state index contributed by atoms with van der Waals surface area (Å²) in [5, 5.41) is 12.4. The molecular formula is C32H32N4. The monoisotopic (exact) mass is 472 g/mol. The van der Waals surface area contributed by atoms with Gasteiger partial charge in [0.25, 0.3) is 0 Å². The van der Waals surface area contributed by atoms with Crippen LogP contribution in [-0.2, 0) is 12.8 Å². The molecule has 1 aliphatic heterocycles. The molecule has 0 amide bonds. The maximum absolute atomic E-state index is 7.32. The Labute approximate surface area is 214 Å². The lowest BCUT2D eigenvalue weighted by atomic mass is 9.93. The topological polar surface area (TPSA) is 54.0 Å². The van der Waals surface area contributed by atoms with Crippen LogP contribution < -0.4 is 0 Å². The Morgan fingerprint density at radius 3 is 2.53 bits per heavy atom. The summed E-state index contributed by atoms with van der Waals surface area (Å²) in [5.41, 5.74) is 10.6. The zero-order valence-corrected chi connectivity index (χ0v) is 21.3. The Balaban J connectivity index is 0.000000967. The van der Waals surface area contributed by atoms with Crippen LogP contribution >= 0.6 is 0 Å². The van der Waals surface area contributed by atoms with Crippen molar-refractivity contribution in [3.05, 3.63) is 113 Å². The summed E-state index contributed by atoms with van der Waals surface area (Å²) >= 11 is 0. The third-order valence-electron chi connectivity index (χ3n) is 6.37. The summed E-state index contributed by atoms with van der Waals surface area (Å²) in [6.45, 7) is 9.79. The number of aliphatic imine (C=N–C) groups is 1. The van der Waals surface area contributed by atoms with Crippen molar-refractivity contribution in [3.8, 4) is 23.0 Å². The first-order valence-corrected chi connectivity index (χ1v) is 12.3. The van der Waals surface area contributed by atoms with E-state index in [1.54, 1.807) is 6.07 Å². The van der Waals surface area contributed by atoms with Gasteiger partial charge < -0.3 is 0 Å². The smallest absolute Gasteiger partial charge is 0.0743 e. The van der Waals surface area contributed by atoms with E-state index in [2.05, 4.69) is 103 Å². The Morgan fingerprint density at radius 1 is 1.03 bits per heavy atom. The standard InChI is InChI=1S/C30H29N3.C2H3N/c1-4-23(24-8-5-7-22(3)17-24)19-27-20-30(33(32-27)28-13-10-21(2)11-14-28)26-12-15-29-25(18-26)9-6-16-31-29;1-2-3/h4-5,7-8,10-18,20,23H,1,6,9,19H2,2-3H3;1H3. The van der Waals surface area contributed by atoms with Crippen molar-refractivity contribution >= 4 is 11.9 Å². The van der Waals surface area contributed by atoms with E-state index in [9.17, 15) is 0 Å². The highest BCUT2D eigenvalue weighted by Crippen LogP contribution is 2.32. The fourth-order valence-corrected chi connectivity index (χ4v) is 4.54. The first kappa shape index (κ1) is 24.9. The Kier molecular flexibility index (Phi) is 7.92. The summed E-state index contributed by atoms with van der Waals surface area (Å²) in [6, 6.07) is 27.8. The molecule has 0 saturated heterocycles. The largest absolute Gasteiger partial charge is 0.261 e. The normalized spacial score (nSPS) is 12.6. The van der Waals surface area contributed by atoms with Gasteiger partial charge in [0.1, 0.15) is 0 Å². The number of aromatic nitrogens is 2. The van der Waals surface area contributed by atoms with Crippen LogP contribution in [-0.4, -0.2) is 16.0 Å². The van der Waals surface area contributed by atoms with Crippen molar-refractivity contribution in [1.82, 2.24) is 9.78 Å². The molecule has 0 bridgehead atoms. The van der Waals surface area contributed by atoms with Gasteiger partial charge in [-0.3, -0.25) is 4.99 Å². The molecule has 0 spiro atoms. The molecule has 4 nitrogen and oxygen atoms in total. The van der Waals surface area contributed by atoms with E-state index in [4.69, 9.17) is 10.4 Å². The van der Waals surface area contributed by atoms with Crippen LogP contribution in [0.2, 0.25) is 0 Å². The predicted octanol–water partition coefficient (Wildman–Crippen LogP) is 7.85. The number of nitriles is 1. The molecule has 0 aliphatic carbocycles. The second-order valence-electron chi connectivity index (χ2n) is 9.15. The first-order chi connectivity index (χ1) is 17.5. The maximum Gasteiger partial charge on any atom is 0.0743 e. The van der Waals surface area contributed by atoms with Gasteiger partial charge in [-0.15, -0.1) is 6.58 Å². The van der Waals surface area contributed by atoms with Crippen LogP contribution in [0.15, 0.2) is 90.4 Å². The molecule has 4 aromatic rings. The molecule has 0 radical (unpaired) electrons. The van der Waals surface area contributed by atoms with E-state index in [0.717, 1.165) is 42.0 Å². The molecule has 1 unspecified atom stereocenters. The Morgan fingerprint density at radius 2 is 1.81 bits per heavy atom. The molecular weight excluding hydrogens is 440 g/mol. The highest BCUT2D eigenvalue weighted by Gasteiger charge is 2.17. The SMILES string of the molecule is C=CC(Cc1cc(-c2ccc3c(c2)CCC=N3)n(-c2ccc(C)cc2)n1)c1cccc(C)c1.CC#N. The highest BCUT2D eigenvalue weighted by atomic mass is 15.3. The van der Waals surface area contributed by atoms with Gasteiger partial charge in [-0.2, -0.15) is 10.4 Å². The average molecular weight is 473 g/mol. The third kappa shape index (κ3) is 5.70. The first-order valence-electron chi connectivity index (χ1n) is 12.3. The molecule has 0 N–H and O–H groups in total. The average Bonchev–Trinajstić information content (AvgIpc) is 3.32. The van der Waals surface area contributed by atoms with Gasteiger partial charge in [0.2, 0.25) is 0 Å². The number of benzene rings is 3. The number of rotatable bonds is 6. The molecule has 3 aromatic carbocycles. The highest BCUT2D eigenvalue weighted by molar-refractivity contribution is 5.73. The lowest BCUT2D eigenvalue weighted by Gasteiger charge is -2.13. The van der Waals surface area contributed by atoms with Crippen LogP contribution in [0.3, 0.4) is 0 Å². The molecule has 5 rings (SSSR count). The van der Waals surface area contributed by atoms with Gasteiger partial charge in [-0.1, -0.05) is 59.7 Å². The molecule has 4 heteroatoms. The minimum Gasteiger partial charge on any atom is -0.261 e. The number of aryl methyl sites for hydroxylation is 3. The number of hydrogen-bond donors (Lipinski definition) is 0. The molecule has 36 heavy (non-hydrogen) atoms. The van der Waals surface area contributed by atoms with Crippen molar-refractivity contribution in [2.24, 2.45) is 4.99 Å². The number of allylic oxidation sites excluding steroid dienone is 1. The van der Waals surface area contributed by atoms with Gasteiger partial charge in [-0.05, 0) is 68.1 Å². The minimum absolute atomic E-state index is 0.219. The molecule has 0 fully saturated rings. The number of nitrogens with zero attached hydrogens (tertiary/aromatic N) is 4. The molecule has 0 saturated carbocycles. The van der Waals surface area contributed by atoms with Crippen LogP contribution in [0.1, 0.15) is 47.2 Å². The number of hydrogen-bond acceptors (Lipinski definition) is 3. The van der Waals surface area contributed by atoms with E-state index in [-0.39, 0.29) is 5.92 Å². The summed E-state index contributed by atoms with van der Waals surface area (Å²) in [5.74, 6) is 0.219. The molecule has 1 aromatic heterocycles. The molecule has 1 atom stereocenters. The van der Waals surface area contributed by atoms with Crippen molar-refractivity contribution in [2.75, 3.05) is 0 Å². The van der Waals surface area contributed by atoms with Crippen molar-refractivity contribution in [1.29, 1.82) is 5.26 Å². The van der Waals surface area contributed by atoms with Crippen molar-refractivity contribution in [2.45, 2.75) is 46.0 Å². The Bertz CT molecular complexity index is 1420. The maximum atomic E-state index is 7.32. The van der Waals surface area contributed by atoms with Crippen LogP contribution in [0, 0.1) is 25.2 Å². The number of fused-ring (bicyclic) bond motifs is 1. The summed E-state index contributed by atoms with van der Waals surface area (Å²) in [4.78, 5) is 4.56. The van der Waals surface area contributed by atoms with Crippen molar-refractivity contribution < 1.29 is 0 Å². The molecule has 180 valence electrons. The van der Waals surface area contributed by atoms with Crippen LogP contribution in [0.4, 0.5) is 5.69 Å². The van der Waals surface area contributed by atoms with Crippen LogP contribution in [0.25, 0.3) is 16.9 Å². The summed E-state index contributed by atoms with van der Waals surface area (Å²) in [7, 11) is 0. The van der Waals surface area contributed by atoms with E-state index >= 15 is 0 Å². The minimum atomic E-state index is 0.219. The fraction of sp³-hybridized carbons (Fsp3) is 0.219. The Hall–Kier alpha value is -4.23. The molecule has 2 heterocycles. The van der Waals surface area contributed by atoms with Gasteiger partial charge in [0, 0.05) is 31.0 Å². The van der Waals surface area contributed by atoms with Gasteiger partial charge in [-0.25, -0.2) is 4.68 Å². The van der Waals surface area contributed by atoms with E-state index in [0.29, 0.717) is 0 Å². The second kappa shape index (κ2) is 11.5. The van der Waals surface area contributed by atoms with Gasteiger partial charge in [0.15, 0.2) is 0 Å². The van der Waals surface area contributed by atoms with E-state index in [1.165, 1.54) is 34.7 Å². The zero-order valence-electron chi connectivity index (χ0n) is 21.3. The third-order valence-corrected chi connectivity index (χ3v) is 6.37. The summed E-state index contributed by atoms with van der Waals surface area (Å²) in [6.07, 6.45) is 6.89. The van der Waals surface area contributed by atoms with Crippen LogP contribution in [0.5, 0.6) is 0 Å². The molecule has 1 aliphatic rings. The lowest BCUT2D eigenvalue weighted by Crippen LogP contribution is -2.03. The quantitative estimate of drug-likeness (QED) is 0.268. The second-order valence-corrected chi connectivity index (χ2v) is 9.15. The predicted molar refractivity (Wildman–Crippen MR) is 149 cm³/mol. The lowest BCUT2D eigenvalue weighted by molar-refractivity contribution is 0.773. The zero-order chi connectivity index (χ0) is 25.5. The summed E-state index contributed by atoms with van der Waals surface area (Å²) < 4.78 is 2.08.